The lowest BCUT2D eigenvalue weighted by molar-refractivity contribution is 0.251. The van der Waals surface area contributed by atoms with Crippen molar-refractivity contribution in [1.82, 2.24) is 10.3 Å². The van der Waals surface area contributed by atoms with E-state index in [1.54, 1.807) is 12.1 Å². The fourth-order valence-electron chi connectivity index (χ4n) is 2.96. The van der Waals surface area contributed by atoms with E-state index in [0.717, 1.165) is 16.8 Å². The molecule has 6 heteroatoms. The summed E-state index contributed by atoms with van der Waals surface area (Å²) in [7, 11) is 0. The van der Waals surface area contributed by atoms with Gasteiger partial charge in [-0.25, -0.2) is 9.78 Å². The monoisotopic (exact) mass is 385 g/mol. The number of aryl methyl sites for hydroxylation is 3. The van der Waals surface area contributed by atoms with Crippen LogP contribution in [0.4, 0.5) is 9.93 Å². The van der Waals surface area contributed by atoms with Crippen molar-refractivity contribution < 1.29 is 4.79 Å². The summed E-state index contributed by atoms with van der Waals surface area (Å²) >= 11 is 7.28. The number of thiazole rings is 1. The largest absolute Gasteiger partial charge is 0.334 e. The Hall–Kier alpha value is -2.37. The van der Waals surface area contributed by atoms with Crippen LogP contribution in [-0.4, -0.2) is 11.0 Å². The number of hydrogen-bond acceptors (Lipinski definition) is 3. The normalized spacial score (nSPS) is 10.6. The summed E-state index contributed by atoms with van der Waals surface area (Å²) in [4.78, 5) is 16.7. The van der Waals surface area contributed by atoms with Crippen molar-refractivity contribution in [2.75, 3.05) is 5.32 Å². The van der Waals surface area contributed by atoms with Gasteiger partial charge in [-0.1, -0.05) is 41.4 Å². The minimum Gasteiger partial charge on any atom is -0.334 e. The van der Waals surface area contributed by atoms with Crippen molar-refractivity contribution in [3.05, 3.63) is 69.1 Å². The number of carbonyl (C=O) groups is 1. The third kappa shape index (κ3) is 4.42. The Morgan fingerprint density at radius 2 is 1.77 bits per heavy atom. The molecular formula is C20H20ClN3OS. The van der Waals surface area contributed by atoms with E-state index in [1.165, 1.54) is 28.0 Å². The van der Waals surface area contributed by atoms with E-state index in [0.29, 0.717) is 16.7 Å². The van der Waals surface area contributed by atoms with Crippen molar-refractivity contribution >= 4 is 34.1 Å². The molecule has 0 saturated heterocycles. The number of benzene rings is 2. The van der Waals surface area contributed by atoms with Crippen LogP contribution in [0.25, 0.3) is 11.3 Å². The summed E-state index contributed by atoms with van der Waals surface area (Å²) in [6, 6.07) is 11.4. The summed E-state index contributed by atoms with van der Waals surface area (Å²) in [6.07, 6.45) is 0. The smallest absolute Gasteiger partial charge is 0.321 e. The zero-order chi connectivity index (χ0) is 18.7. The predicted molar refractivity (Wildman–Crippen MR) is 109 cm³/mol. The summed E-state index contributed by atoms with van der Waals surface area (Å²) in [5.41, 5.74) is 6.60. The minimum atomic E-state index is -0.279. The number of amides is 2. The van der Waals surface area contributed by atoms with Crippen molar-refractivity contribution in [1.29, 1.82) is 0 Å². The van der Waals surface area contributed by atoms with Gasteiger partial charge in [0, 0.05) is 22.5 Å². The molecule has 2 aromatic carbocycles. The van der Waals surface area contributed by atoms with Gasteiger partial charge in [0.25, 0.3) is 0 Å². The fourth-order valence-corrected chi connectivity index (χ4v) is 3.78. The molecule has 134 valence electrons. The zero-order valence-corrected chi connectivity index (χ0v) is 16.5. The van der Waals surface area contributed by atoms with Crippen LogP contribution in [0.15, 0.2) is 41.8 Å². The maximum Gasteiger partial charge on any atom is 0.321 e. The van der Waals surface area contributed by atoms with E-state index in [4.69, 9.17) is 11.6 Å². The first-order valence-corrected chi connectivity index (χ1v) is 9.51. The van der Waals surface area contributed by atoms with E-state index in [-0.39, 0.29) is 6.03 Å². The van der Waals surface area contributed by atoms with Gasteiger partial charge in [-0.05, 0) is 49.6 Å². The number of aromatic nitrogens is 1. The van der Waals surface area contributed by atoms with Crippen LogP contribution >= 0.6 is 22.9 Å². The highest BCUT2D eigenvalue weighted by Gasteiger charge is 2.12. The van der Waals surface area contributed by atoms with Crippen LogP contribution < -0.4 is 10.6 Å². The maximum absolute atomic E-state index is 12.1. The van der Waals surface area contributed by atoms with Crippen molar-refractivity contribution in [2.24, 2.45) is 0 Å². The minimum absolute atomic E-state index is 0.279. The molecule has 1 aromatic heterocycles. The third-order valence-corrected chi connectivity index (χ3v) is 5.03. The number of hydrogen-bond donors (Lipinski definition) is 2. The lowest BCUT2D eigenvalue weighted by Gasteiger charge is -2.09. The fraction of sp³-hybridized carbons (Fsp3) is 0.200. The molecule has 3 aromatic rings. The van der Waals surface area contributed by atoms with Gasteiger partial charge in [-0.3, -0.25) is 5.32 Å². The lowest BCUT2D eigenvalue weighted by Crippen LogP contribution is -2.28. The van der Waals surface area contributed by atoms with Gasteiger partial charge in [-0.2, -0.15) is 0 Å². The molecular weight excluding hydrogens is 366 g/mol. The standard InChI is InChI=1S/C20H20ClN3OS/c1-12-8-13(2)18(14(3)9-12)17-11-26-20(23-17)24-19(25)22-10-15-4-6-16(21)7-5-15/h4-9,11H,10H2,1-3H3,(H2,22,23,24,25). The molecule has 0 fully saturated rings. The van der Waals surface area contributed by atoms with Crippen LogP contribution in [0.1, 0.15) is 22.3 Å². The molecule has 0 unspecified atom stereocenters. The molecule has 0 saturated carbocycles. The number of anilines is 1. The Bertz CT molecular complexity index is 911. The van der Waals surface area contributed by atoms with Gasteiger partial charge < -0.3 is 5.32 Å². The van der Waals surface area contributed by atoms with Gasteiger partial charge in [0.2, 0.25) is 0 Å². The Kier molecular flexibility index (Phi) is 5.59. The number of carbonyl (C=O) groups excluding carboxylic acids is 1. The summed E-state index contributed by atoms with van der Waals surface area (Å²) in [6.45, 7) is 6.68. The molecule has 4 nitrogen and oxygen atoms in total. The second kappa shape index (κ2) is 7.89. The first kappa shape index (κ1) is 18.4. The number of halogens is 1. The molecule has 0 radical (unpaired) electrons. The molecule has 26 heavy (non-hydrogen) atoms. The topological polar surface area (TPSA) is 54.0 Å². The van der Waals surface area contributed by atoms with Crippen molar-refractivity contribution in [3.63, 3.8) is 0 Å². The Morgan fingerprint density at radius 3 is 2.42 bits per heavy atom. The van der Waals surface area contributed by atoms with Gasteiger partial charge in [0.05, 0.1) is 5.69 Å². The molecule has 0 aliphatic heterocycles. The summed E-state index contributed by atoms with van der Waals surface area (Å²) in [5, 5.41) is 8.84. The van der Waals surface area contributed by atoms with Crippen LogP contribution in [-0.2, 0) is 6.54 Å². The molecule has 0 atom stereocenters. The molecule has 1 heterocycles. The van der Waals surface area contributed by atoms with E-state index < -0.39 is 0 Å². The van der Waals surface area contributed by atoms with E-state index >= 15 is 0 Å². The molecule has 0 spiro atoms. The predicted octanol–water partition coefficient (Wildman–Crippen LogP) is 5.71. The molecule has 0 aliphatic rings. The summed E-state index contributed by atoms with van der Waals surface area (Å²) in [5.74, 6) is 0. The van der Waals surface area contributed by atoms with Gasteiger partial charge >= 0.3 is 6.03 Å². The summed E-state index contributed by atoms with van der Waals surface area (Å²) < 4.78 is 0. The second-order valence-electron chi connectivity index (χ2n) is 6.25. The Balaban J connectivity index is 1.65. The number of nitrogens with one attached hydrogen (secondary N) is 2. The van der Waals surface area contributed by atoms with Gasteiger partial charge in [0.1, 0.15) is 0 Å². The van der Waals surface area contributed by atoms with E-state index in [2.05, 4.69) is 48.5 Å². The maximum atomic E-state index is 12.1. The highest BCUT2D eigenvalue weighted by Crippen LogP contribution is 2.31. The highest BCUT2D eigenvalue weighted by molar-refractivity contribution is 7.14. The van der Waals surface area contributed by atoms with E-state index in [9.17, 15) is 4.79 Å². The first-order chi connectivity index (χ1) is 12.4. The third-order valence-electron chi connectivity index (χ3n) is 4.02. The highest BCUT2D eigenvalue weighted by atomic mass is 35.5. The molecule has 0 bridgehead atoms. The average Bonchev–Trinajstić information content (AvgIpc) is 3.01. The zero-order valence-electron chi connectivity index (χ0n) is 14.9. The van der Waals surface area contributed by atoms with Crippen LogP contribution in [0.2, 0.25) is 5.02 Å². The SMILES string of the molecule is Cc1cc(C)c(-c2csc(NC(=O)NCc3ccc(Cl)cc3)n2)c(C)c1. The number of urea groups is 1. The van der Waals surface area contributed by atoms with Crippen LogP contribution in [0, 0.1) is 20.8 Å². The Labute approximate surface area is 162 Å². The van der Waals surface area contributed by atoms with Crippen LogP contribution in [0.5, 0.6) is 0 Å². The molecule has 3 rings (SSSR count). The lowest BCUT2D eigenvalue weighted by atomic mass is 9.98. The van der Waals surface area contributed by atoms with Gasteiger partial charge in [-0.15, -0.1) is 11.3 Å². The van der Waals surface area contributed by atoms with Gasteiger partial charge in [0.15, 0.2) is 5.13 Å². The number of rotatable bonds is 4. The quantitative estimate of drug-likeness (QED) is 0.604. The molecule has 0 aliphatic carbocycles. The van der Waals surface area contributed by atoms with E-state index in [1.807, 2.05) is 17.5 Å². The van der Waals surface area contributed by atoms with Crippen molar-refractivity contribution in [2.45, 2.75) is 27.3 Å². The molecule has 2 amide bonds. The Morgan fingerprint density at radius 1 is 1.12 bits per heavy atom. The average molecular weight is 386 g/mol. The molecule has 2 N–H and O–H groups in total. The first-order valence-electron chi connectivity index (χ1n) is 8.25. The van der Waals surface area contributed by atoms with Crippen LogP contribution in [0.3, 0.4) is 0 Å². The van der Waals surface area contributed by atoms with Crippen molar-refractivity contribution in [3.8, 4) is 11.3 Å². The second-order valence-corrected chi connectivity index (χ2v) is 7.54. The number of nitrogens with zero attached hydrogens (tertiary/aromatic N) is 1.